The van der Waals surface area contributed by atoms with Gasteiger partial charge in [0.1, 0.15) is 18.5 Å². The van der Waals surface area contributed by atoms with Crippen LogP contribution in [0.2, 0.25) is 0 Å². The van der Waals surface area contributed by atoms with Crippen molar-refractivity contribution in [2.45, 2.75) is 20.0 Å². The molecule has 0 saturated carbocycles. The molecule has 10 nitrogen and oxygen atoms in total. The molecule has 0 aliphatic carbocycles. The van der Waals surface area contributed by atoms with Crippen molar-refractivity contribution in [2.24, 2.45) is 0 Å². The van der Waals surface area contributed by atoms with E-state index < -0.39 is 18.0 Å². The Bertz CT molecular complexity index is 717. The number of hydrogen-bond donors (Lipinski definition) is 3. The molecule has 2 rings (SSSR count). The SMILES string of the molecule is CC(=O)c1cccc(OCC(O)CN2CCN(C(C)=O)CC2)c1.O=C(O)C(=O)O. The molecule has 1 aromatic carbocycles. The molecule has 1 saturated heterocycles. The van der Waals surface area contributed by atoms with Crippen molar-refractivity contribution >= 4 is 23.6 Å². The Balaban J connectivity index is 0.000000612. The summed E-state index contributed by atoms with van der Waals surface area (Å²) in [6.07, 6.45) is -0.611. The quantitative estimate of drug-likeness (QED) is 0.434. The average Bonchev–Trinajstić information content (AvgIpc) is 2.67. The van der Waals surface area contributed by atoms with Gasteiger partial charge in [-0.1, -0.05) is 12.1 Å². The fraction of sp³-hybridized carbons (Fsp3) is 0.474. The van der Waals surface area contributed by atoms with E-state index in [4.69, 9.17) is 24.5 Å². The second-order valence-corrected chi connectivity index (χ2v) is 6.47. The van der Waals surface area contributed by atoms with Gasteiger partial charge in [-0.05, 0) is 19.1 Å². The summed E-state index contributed by atoms with van der Waals surface area (Å²) in [6, 6.07) is 6.95. The van der Waals surface area contributed by atoms with Gasteiger partial charge >= 0.3 is 11.9 Å². The van der Waals surface area contributed by atoms with E-state index >= 15 is 0 Å². The average molecular weight is 410 g/mol. The first-order chi connectivity index (χ1) is 13.6. The molecule has 0 radical (unpaired) electrons. The number of β-amino-alcohol motifs (C(OH)–C–C–N with tert-alkyl or cyclic N) is 1. The molecule has 1 amide bonds. The van der Waals surface area contributed by atoms with Crippen molar-refractivity contribution in [2.75, 3.05) is 39.3 Å². The molecule has 1 unspecified atom stereocenters. The van der Waals surface area contributed by atoms with E-state index in [-0.39, 0.29) is 18.3 Å². The van der Waals surface area contributed by atoms with Gasteiger partial charge in [-0.2, -0.15) is 0 Å². The largest absolute Gasteiger partial charge is 0.491 e. The van der Waals surface area contributed by atoms with Crippen molar-refractivity contribution in [3.05, 3.63) is 29.8 Å². The van der Waals surface area contributed by atoms with Crippen LogP contribution in [0.1, 0.15) is 24.2 Å². The number of carbonyl (C=O) groups is 4. The molecule has 29 heavy (non-hydrogen) atoms. The molecule has 1 fully saturated rings. The predicted octanol–water partition coefficient (Wildman–Crippen LogP) is -0.0514. The van der Waals surface area contributed by atoms with E-state index in [9.17, 15) is 14.7 Å². The second kappa shape index (κ2) is 11.8. The summed E-state index contributed by atoms with van der Waals surface area (Å²) < 4.78 is 5.57. The first-order valence-corrected chi connectivity index (χ1v) is 8.96. The van der Waals surface area contributed by atoms with Crippen molar-refractivity contribution in [3.8, 4) is 5.75 Å². The van der Waals surface area contributed by atoms with Gasteiger partial charge in [-0.25, -0.2) is 9.59 Å². The maximum atomic E-state index is 11.3. The predicted molar refractivity (Wildman–Crippen MR) is 102 cm³/mol. The summed E-state index contributed by atoms with van der Waals surface area (Å²) in [7, 11) is 0. The van der Waals surface area contributed by atoms with Crippen molar-refractivity contribution in [1.29, 1.82) is 0 Å². The van der Waals surface area contributed by atoms with Crippen LogP contribution in [0.4, 0.5) is 0 Å². The number of nitrogens with zero attached hydrogens (tertiary/aromatic N) is 2. The number of aliphatic hydroxyl groups excluding tert-OH is 1. The van der Waals surface area contributed by atoms with Crippen LogP contribution in [0, 0.1) is 0 Å². The number of carbonyl (C=O) groups excluding carboxylic acids is 2. The normalized spacial score (nSPS) is 14.9. The minimum atomic E-state index is -1.82. The van der Waals surface area contributed by atoms with E-state index in [0.29, 0.717) is 30.9 Å². The lowest BCUT2D eigenvalue weighted by atomic mass is 10.1. The Hall–Kier alpha value is -2.98. The summed E-state index contributed by atoms with van der Waals surface area (Å²) in [5.41, 5.74) is 0.595. The Morgan fingerprint density at radius 2 is 1.62 bits per heavy atom. The van der Waals surface area contributed by atoms with Gasteiger partial charge in [0.15, 0.2) is 5.78 Å². The van der Waals surface area contributed by atoms with Gasteiger partial charge in [-0.15, -0.1) is 0 Å². The van der Waals surface area contributed by atoms with Gasteiger partial charge in [0, 0.05) is 45.2 Å². The number of hydrogen-bond acceptors (Lipinski definition) is 7. The molecule has 0 bridgehead atoms. The fourth-order valence-electron chi connectivity index (χ4n) is 2.59. The standard InChI is InChI=1S/C17H24N2O4.C2H2O4/c1-13(20)15-4-3-5-17(10-15)23-12-16(22)11-18-6-8-19(9-7-18)14(2)21;3-1(4)2(5)6/h3-5,10,16,22H,6-9,11-12H2,1-2H3;(H,3,4)(H,5,6). The van der Waals surface area contributed by atoms with Crippen LogP contribution in [0.15, 0.2) is 24.3 Å². The van der Waals surface area contributed by atoms with Crippen LogP contribution >= 0.6 is 0 Å². The number of rotatable bonds is 6. The number of carboxylic acids is 2. The number of aliphatic carboxylic acids is 2. The van der Waals surface area contributed by atoms with Crippen LogP contribution in [0.3, 0.4) is 0 Å². The molecular weight excluding hydrogens is 384 g/mol. The van der Waals surface area contributed by atoms with Gasteiger partial charge in [0.05, 0.1) is 0 Å². The third kappa shape index (κ3) is 9.17. The lowest BCUT2D eigenvalue weighted by Crippen LogP contribution is -2.50. The molecule has 1 atom stereocenters. The van der Waals surface area contributed by atoms with E-state index in [0.717, 1.165) is 13.1 Å². The summed E-state index contributed by atoms with van der Waals surface area (Å²) in [4.78, 5) is 44.7. The number of aliphatic hydroxyl groups is 1. The highest BCUT2D eigenvalue weighted by molar-refractivity contribution is 6.27. The van der Waals surface area contributed by atoms with Crippen LogP contribution < -0.4 is 4.74 Å². The maximum absolute atomic E-state index is 11.3. The topological polar surface area (TPSA) is 145 Å². The molecule has 0 aromatic heterocycles. The lowest BCUT2D eigenvalue weighted by Gasteiger charge is -2.35. The van der Waals surface area contributed by atoms with Gasteiger partial charge in [0.2, 0.25) is 5.91 Å². The summed E-state index contributed by atoms with van der Waals surface area (Å²) in [5, 5.41) is 24.9. The third-order valence-corrected chi connectivity index (χ3v) is 4.15. The van der Waals surface area contributed by atoms with Crippen LogP contribution in [0.25, 0.3) is 0 Å². The number of benzene rings is 1. The van der Waals surface area contributed by atoms with E-state index in [2.05, 4.69) is 4.90 Å². The summed E-state index contributed by atoms with van der Waals surface area (Å²) in [6.45, 7) is 6.69. The van der Waals surface area contributed by atoms with Crippen molar-refractivity contribution in [1.82, 2.24) is 9.80 Å². The van der Waals surface area contributed by atoms with Gasteiger partial charge in [-0.3, -0.25) is 14.5 Å². The number of amides is 1. The number of piperazine rings is 1. The van der Waals surface area contributed by atoms with Crippen LogP contribution in [0.5, 0.6) is 5.75 Å². The Morgan fingerprint density at radius 1 is 1.03 bits per heavy atom. The highest BCUT2D eigenvalue weighted by atomic mass is 16.5. The Kier molecular flexibility index (Phi) is 9.76. The smallest absolute Gasteiger partial charge is 0.414 e. The molecule has 3 N–H and O–H groups in total. The first kappa shape index (κ1) is 24.1. The van der Waals surface area contributed by atoms with Crippen molar-refractivity contribution < 1.29 is 39.2 Å². The zero-order valence-electron chi connectivity index (χ0n) is 16.4. The number of ether oxygens (including phenoxy) is 1. The maximum Gasteiger partial charge on any atom is 0.414 e. The van der Waals surface area contributed by atoms with Crippen LogP contribution in [-0.2, 0) is 14.4 Å². The summed E-state index contributed by atoms with van der Waals surface area (Å²) in [5.74, 6) is -2.98. The van der Waals surface area contributed by atoms with E-state index in [1.165, 1.54) is 6.92 Å². The molecule has 10 heteroatoms. The zero-order chi connectivity index (χ0) is 22.0. The molecule has 160 valence electrons. The fourth-order valence-corrected chi connectivity index (χ4v) is 2.59. The number of carboxylic acid groups (broad SMARTS) is 2. The minimum Gasteiger partial charge on any atom is -0.491 e. The minimum absolute atomic E-state index is 0.0145. The van der Waals surface area contributed by atoms with E-state index in [1.807, 2.05) is 4.90 Å². The highest BCUT2D eigenvalue weighted by Gasteiger charge is 2.20. The Labute approximate surface area is 168 Å². The number of ketones is 1. The Morgan fingerprint density at radius 3 is 2.10 bits per heavy atom. The molecule has 1 aliphatic heterocycles. The molecule has 0 spiro atoms. The van der Waals surface area contributed by atoms with Crippen molar-refractivity contribution in [3.63, 3.8) is 0 Å². The third-order valence-electron chi connectivity index (χ3n) is 4.15. The van der Waals surface area contributed by atoms with Gasteiger partial charge in [0.25, 0.3) is 0 Å². The highest BCUT2D eigenvalue weighted by Crippen LogP contribution is 2.14. The monoisotopic (exact) mass is 410 g/mol. The second-order valence-electron chi connectivity index (χ2n) is 6.47. The molecular formula is C19H26N2O8. The lowest BCUT2D eigenvalue weighted by molar-refractivity contribution is -0.159. The number of Topliss-reactive ketones (excluding diaryl/α,β-unsaturated/α-hetero) is 1. The molecule has 1 aliphatic rings. The zero-order valence-corrected chi connectivity index (χ0v) is 16.4. The first-order valence-electron chi connectivity index (χ1n) is 8.96. The van der Waals surface area contributed by atoms with E-state index in [1.54, 1.807) is 31.2 Å². The summed E-state index contributed by atoms with van der Waals surface area (Å²) >= 11 is 0. The molecule has 1 aromatic rings. The van der Waals surface area contributed by atoms with Gasteiger partial charge < -0.3 is 25.0 Å². The van der Waals surface area contributed by atoms with Crippen LogP contribution in [-0.4, -0.2) is 94.2 Å². The molecule has 1 heterocycles.